The van der Waals surface area contributed by atoms with E-state index in [1.54, 1.807) is 36.4 Å². The van der Waals surface area contributed by atoms with E-state index in [0.717, 1.165) is 5.56 Å². The maximum atomic E-state index is 12.7. The van der Waals surface area contributed by atoms with Crippen molar-refractivity contribution in [2.75, 3.05) is 10.0 Å². The lowest BCUT2D eigenvalue weighted by Crippen LogP contribution is -2.18. The number of nitrogens with one attached hydrogen (secondary N) is 2. The van der Waals surface area contributed by atoms with Gasteiger partial charge in [-0.3, -0.25) is 9.52 Å². The Morgan fingerprint density at radius 1 is 0.893 bits per heavy atom. The SMILES string of the molecule is Cc1ccc(S(=O)(=O)Nc2ccccc2C(=O)Nc2ccc(Cl)cc2Cl)cc1. The molecule has 5 nitrogen and oxygen atoms in total. The van der Waals surface area contributed by atoms with Crippen molar-refractivity contribution in [2.45, 2.75) is 11.8 Å². The van der Waals surface area contributed by atoms with Crippen LogP contribution in [0.3, 0.4) is 0 Å². The van der Waals surface area contributed by atoms with E-state index in [4.69, 9.17) is 23.2 Å². The second kappa shape index (κ2) is 8.22. The first-order valence-electron chi connectivity index (χ1n) is 8.21. The lowest BCUT2D eigenvalue weighted by atomic mass is 10.1. The highest BCUT2D eigenvalue weighted by Crippen LogP contribution is 2.27. The van der Waals surface area contributed by atoms with Crippen LogP contribution in [0, 0.1) is 6.92 Å². The number of para-hydroxylation sites is 1. The predicted octanol–water partition coefficient (Wildman–Crippen LogP) is 5.35. The molecule has 0 bridgehead atoms. The fourth-order valence-corrected chi connectivity index (χ4v) is 4.01. The Morgan fingerprint density at radius 2 is 1.57 bits per heavy atom. The van der Waals surface area contributed by atoms with Gasteiger partial charge in [0.15, 0.2) is 0 Å². The molecule has 8 heteroatoms. The van der Waals surface area contributed by atoms with Crippen LogP contribution in [-0.2, 0) is 10.0 Å². The molecule has 0 aliphatic heterocycles. The van der Waals surface area contributed by atoms with Crippen molar-refractivity contribution in [1.82, 2.24) is 0 Å². The third kappa shape index (κ3) is 4.65. The van der Waals surface area contributed by atoms with E-state index in [1.165, 1.54) is 30.3 Å². The predicted molar refractivity (Wildman–Crippen MR) is 113 cm³/mol. The lowest BCUT2D eigenvalue weighted by molar-refractivity contribution is 0.102. The van der Waals surface area contributed by atoms with Gasteiger partial charge in [-0.1, -0.05) is 53.0 Å². The smallest absolute Gasteiger partial charge is 0.261 e. The van der Waals surface area contributed by atoms with Crippen LogP contribution in [0.4, 0.5) is 11.4 Å². The van der Waals surface area contributed by atoms with E-state index in [0.29, 0.717) is 10.7 Å². The molecule has 0 saturated carbocycles. The van der Waals surface area contributed by atoms with Crippen LogP contribution in [0.2, 0.25) is 10.0 Å². The highest BCUT2D eigenvalue weighted by molar-refractivity contribution is 7.92. The quantitative estimate of drug-likeness (QED) is 0.567. The molecular formula is C20H16Cl2N2O3S. The summed E-state index contributed by atoms with van der Waals surface area (Å²) in [5.41, 5.74) is 1.63. The van der Waals surface area contributed by atoms with E-state index in [-0.39, 0.29) is 21.2 Å². The molecule has 3 aromatic rings. The van der Waals surface area contributed by atoms with Gasteiger partial charge in [0, 0.05) is 5.02 Å². The lowest BCUT2D eigenvalue weighted by Gasteiger charge is -2.13. The molecule has 3 aromatic carbocycles. The standard InChI is InChI=1S/C20H16Cl2N2O3S/c1-13-6-9-15(10-7-13)28(26,27)24-18-5-3-2-4-16(18)20(25)23-19-11-8-14(21)12-17(19)22/h2-12,24H,1H3,(H,23,25). The number of hydrogen-bond acceptors (Lipinski definition) is 3. The van der Waals surface area contributed by atoms with Gasteiger partial charge in [-0.25, -0.2) is 8.42 Å². The molecule has 0 spiro atoms. The van der Waals surface area contributed by atoms with Gasteiger partial charge in [0.2, 0.25) is 0 Å². The average Bonchev–Trinajstić information content (AvgIpc) is 2.64. The molecule has 0 aromatic heterocycles. The molecule has 0 heterocycles. The van der Waals surface area contributed by atoms with Gasteiger partial charge in [-0.05, 0) is 49.4 Å². The molecule has 0 fully saturated rings. The highest BCUT2D eigenvalue weighted by atomic mass is 35.5. The number of aryl methyl sites for hydroxylation is 1. The summed E-state index contributed by atoms with van der Waals surface area (Å²) in [6, 6.07) is 17.4. The van der Waals surface area contributed by atoms with Crippen LogP contribution in [0.15, 0.2) is 71.6 Å². The van der Waals surface area contributed by atoms with Gasteiger partial charge in [-0.15, -0.1) is 0 Å². The van der Waals surface area contributed by atoms with Crippen LogP contribution in [0.25, 0.3) is 0 Å². The van der Waals surface area contributed by atoms with Gasteiger partial charge >= 0.3 is 0 Å². The Kier molecular flexibility index (Phi) is 5.93. The number of rotatable bonds is 5. The second-order valence-corrected chi connectivity index (χ2v) is 8.57. The van der Waals surface area contributed by atoms with E-state index in [9.17, 15) is 13.2 Å². The molecule has 0 atom stereocenters. The summed E-state index contributed by atoms with van der Waals surface area (Å²) in [5.74, 6) is -0.508. The molecule has 0 radical (unpaired) electrons. The average molecular weight is 435 g/mol. The zero-order chi connectivity index (χ0) is 20.3. The molecule has 0 aliphatic rings. The fourth-order valence-electron chi connectivity index (χ4n) is 2.47. The first-order chi connectivity index (χ1) is 13.3. The van der Waals surface area contributed by atoms with Crippen LogP contribution in [0.5, 0.6) is 0 Å². The molecule has 144 valence electrons. The van der Waals surface area contributed by atoms with Crippen molar-refractivity contribution in [2.24, 2.45) is 0 Å². The molecular weight excluding hydrogens is 419 g/mol. The first-order valence-corrected chi connectivity index (χ1v) is 10.4. The number of hydrogen-bond donors (Lipinski definition) is 2. The van der Waals surface area contributed by atoms with E-state index < -0.39 is 15.9 Å². The second-order valence-electron chi connectivity index (χ2n) is 6.04. The van der Waals surface area contributed by atoms with E-state index in [1.807, 2.05) is 6.92 Å². The summed E-state index contributed by atoms with van der Waals surface area (Å²) in [6.07, 6.45) is 0. The maximum absolute atomic E-state index is 12.7. The van der Waals surface area contributed by atoms with Gasteiger partial charge in [0.05, 0.1) is 26.9 Å². The Hall–Kier alpha value is -2.54. The molecule has 3 rings (SSSR count). The summed E-state index contributed by atoms with van der Waals surface area (Å²) < 4.78 is 27.8. The first kappa shape index (κ1) is 20.2. The monoisotopic (exact) mass is 434 g/mol. The fraction of sp³-hybridized carbons (Fsp3) is 0.0500. The number of benzene rings is 3. The number of halogens is 2. The van der Waals surface area contributed by atoms with Gasteiger partial charge < -0.3 is 5.32 Å². The molecule has 2 N–H and O–H groups in total. The Bertz CT molecular complexity index is 1130. The van der Waals surface area contributed by atoms with Crippen LogP contribution >= 0.6 is 23.2 Å². The minimum Gasteiger partial charge on any atom is -0.321 e. The molecule has 28 heavy (non-hydrogen) atoms. The normalized spacial score (nSPS) is 11.1. The zero-order valence-corrected chi connectivity index (χ0v) is 17.1. The zero-order valence-electron chi connectivity index (χ0n) is 14.7. The topological polar surface area (TPSA) is 75.3 Å². The Morgan fingerprint density at radius 3 is 2.25 bits per heavy atom. The van der Waals surface area contributed by atoms with Gasteiger partial charge in [0.25, 0.3) is 15.9 Å². The Balaban J connectivity index is 1.88. The summed E-state index contributed by atoms with van der Waals surface area (Å²) >= 11 is 12.0. The van der Waals surface area contributed by atoms with Crippen LogP contribution < -0.4 is 10.0 Å². The van der Waals surface area contributed by atoms with Crippen LogP contribution in [-0.4, -0.2) is 14.3 Å². The number of carbonyl (C=O) groups excluding carboxylic acids is 1. The van der Waals surface area contributed by atoms with Crippen molar-refractivity contribution in [3.05, 3.63) is 87.9 Å². The third-order valence-corrected chi connectivity index (χ3v) is 5.86. The van der Waals surface area contributed by atoms with Crippen molar-refractivity contribution in [3.63, 3.8) is 0 Å². The number of carbonyl (C=O) groups is 1. The summed E-state index contributed by atoms with van der Waals surface area (Å²) in [5, 5.41) is 3.38. The molecule has 1 amide bonds. The third-order valence-electron chi connectivity index (χ3n) is 3.93. The summed E-state index contributed by atoms with van der Waals surface area (Å²) in [6.45, 7) is 1.87. The van der Waals surface area contributed by atoms with E-state index >= 15 is 0 Å². The number of anilines is 2. The highest BCUT2D eigenvalue weighted by Gasteiger charge is 2.19. The van der Waals surface area contributed by atoms with Crippen molar-refractivity contribution < 1.29 is 13.2 Å². The largest absolute Gasteiger partial charge is 0.321 e. The van der Waals surface area contributed by atoms with Crippen molar-refractivity contribution >= 4 is 50.5 Å². The van der Waals surface area contributed by atoms with Crippen LogP contribution in [0.1, 0.15) is 15.9 Å². The summed E-state index contributed by atoms with van der Waals surface area (Å²) in [7, 11) is -3.85. The molecule has 0 aliphatic carbocycles. The molecule has 0 unspecified atom stereocenters. The Labute approximate surface area is 173 Å². The number of sulfonamides is 1. The minimum absolute atomic E-state index is 0.106. The van der Waals surface area contributed by atoms with Gasteiger partial charge in [-0.2, -0.15) is 0 Å². The maximum Gasteiger partial charge on any atom is 0.261 e. The molecule has 0 saturated heterocycles. The van der Waals surface area contributed by atoms with Gasteiger partial charge in [0.1, 0.15) is 0 Å². The summed E-state index contributed by atoms with van der Waals surface area (Å²) in [4.78, 5) is 12.8. The minimum atomic E-state index is -3.85. The van der Waals surface area contributed by atoms with Crippen molar-refractivity contribution in [3.8, 4) is 0 Å². The van der Waals surface area contributed by atoms with Crippen molar-refractivity contribution in [1.29, 1.82) is 0 Å². The van der Waals surface area contributed by atoms with E-state index in [2.05, 4.69) is 10.0 Å². The number of amides is 1.